The summed E-state index contributed by atoms with van der Waals surface area (Å²) in [7, 11) is 2.62. The molecule has 0 bridgehead atoms. The second-order valence-electron chi connectivity index (χ2n) is 4.74. The average Bonchev–Trinajstić information content (AvgIpc) is 2.48. The Morgan fingerprint density at radius 2 is 2.00 bits per heavy atom. The third kappa shape index (κ3) is 5.68. The number of urea groups is 1. The lowest BCUT2D eigenvalue weighted by Crippen LogP contribution is -2.38. The number of carboxylic acids is 1. The number of ether oxygens (including phenoxy) is 1. The molecule has 0 unspecified atom stereocenters. The zero-order chi connectivity index (χ0) is 17.6. The van der Waals surface area contributed by atoms with Crippen LogP contribution in [0.25, 0.3) is 0 Å². The van der Waals surface area contributed by atoms with E-state index in [1.807, 2.05) is 0 Å². The lowest BCUT2D eigenvalue weighted by atomic mass is 10.1. The van der Waals surface area contributed by atoms with E-state index in [-0.39, 0.29) is 30.8 Å². The van der Waals surface area contributed by atoms with Crippen LogP contribution in [-0.2, 0) is 17.5 Å². The van der Waals surface area contributed by atoms with Crippen molar-refractivity contribution in [1.29, 1.82) is 0 Å². The van der Waals surface area contributed by atoms with Crippen molar-refractivity contribution in [3.8, 4) is 5.75 Å². The SMILES string of the molecule is COc1ccc(CNC(=O)N(C)CCC(=O)O)c(C(F)(F)F)c1. The summed E-state index contributed by atoms with van der Waals surface area (Å²) in [5, 5.41) is 10.9. The number of carbonyl (C=O) groups excluding carboxylic acids is 1. The number of amides is 2. The van der Waals surface area contributed by atoms with Gasteiger partial charge in [-0.2, -0.15) is 13.2 Å². The van der Waals surface area contributed by atoms with Gasteiger partial charge in [-0.1, -0.05) is 6.07 Å². The van der Waals surface area contributed by atoms with Crippen molar-refractivity contribution in [2.24, 2.45) is 0 Å². The minimum absolute atomic E-state index is 0.0457. The molecule has 2 amide bonds. The van der Waals surface area contributed by atoms with Gasteiger partial charge in [-0.3, -0.25) is 4.79 Å². The predicted molar refractivity (Wildman–Crippen MR) is 75.1 cm³/mol. The summed E-state index contributed by atoms with van der Waals surface area (Å²) in [6.45, 7) is -0.384. The molecular formula is C14H17F3N2O4. The van der Waals surface area contributed by atoms with Gasteiger partial charge in [0.05, 0.1) is 19.1 Å². The van der Waals surface area contributed by atoms with Gasteiger partial charge in [-0.05, 0) is 17.7 Å². The minimum Gasteiger partial charge on any atom is -0.497 e. The highest BCUT2D eigenvalue weighted by atomic mass is 19.4. The average molecular weight is 334 g/mol. The van der Waals surface area contributed by atoms with Gasteiger partial charge in [0.1, 0.15) is 5.75 Å². The van der Waals surface area contributed by atoms with E-state index in [4.69, 9.17) is 9.84 Å². The summed E-state index contributed by atoms with van der Waals surface area (Å²) in [6, 6.07) is 2.79. The Kier molecular flexibility index (Phi) is 6.23. The fourth-order valence-electron chi connectivity index (χ4n) is 1.77. The van der Waals surface area contributed by atoms with Gasteiger partial charge in [0.15, 0.2) is 0 Å². The molecule has 0 spiro atoms. The number of carboxylic acid groups (broad SMARTS) is 1. The highest BCUT2D eigenvalue weighted by Crippen LogP contribution is 2.34. The smallest absolute Gasteiger partial charge is 0.416 e. The molecule has 2 N–H and O–H groups in total. The number of hydrogen-bond donors (Lipinski definition) is 2. The zero-order valence-corrected chi connectivity index (χ0v) is 12.6. The lowest BCUT2D eigenvalue weighted by Gasteiger charge is -2.19. The van der Waals surface area contributed by atoms with Crippen molar-refractivity contribution in [2.75, 3.05) is 20.7 Å². The molecule has 9 heteroatoms. The Hall–Kier alpha value is -2.45. The van der Waals surface area contributed by atoms with Gasteiger partial charge in [0.2, 0.25) is 0 Å². The molecule has 1 rings (SSSR count). The van der Waals surface area contributed by atoms with Crippen LogP contribution in [0.5, 0.6) is 5.75 Å². The molecule has 23 heavy (non-hydrogen) atoms. The fraction of sp³-hybridized carbons (Fsp3) is 0.429. The van der Waals surface area contributed by atoms with Crippen LogP contribution in [-0.4, -0.2) is 42.7 Å². The topological polar surface area (TPSA) is 78.9 Å². The molecule has 0 saturated carbocycles. The van der Waals surface area contributed by atoms with Crippen LogP contribution >= 0.6 is 0 Å². The summed E-state index contributed by atoms with van der Waals surface area (Å²) < 4.78 is 43.8. The van der Waals surface area contributed by atoms with Crippen LogP contribution in [0.1, 0.15) is 17.5 Å². The second-order valence-corrected chi connectivity index (χ2v) is 4.74. The van der Waals surface area contributed by atoms with Gasteiger partial charge in [-0.15, -0.1) is 0 Å². The van der Waals surface area contributed by atoms with E-state index in [1.165, 1.54) is 26.3 Å². The molecule has 1 aromatic rings. The number of hydrogen-bond acceptors (Lipinski definition) is 3. The number of alkyl halides is 3. The third-order valence-electron chi connectivity index (χ3n) is 3.06. The van der Waals surface area contributed by atoms with E-state index >= 15 is 0 Å². The summed E-state index contributed by atoms with van der Waals surface area (Å²) >= 11 is 0. The summed E-state index contributed by atoms with van der Waals surface area (Å²) in [5.41, 5.74) is -1.01. The minimum atomic E-state index is -4.58. The van der Waals surface area contributed by atoms with Gasteiger partial charge in [0.25, 0.3) is 0 Å². The molecule has 0 saturated heterocycles. The molecule has 1 aromatic carbocycles. The van der Waals surface area contributed by atoms with Gasteiger partial charge < -0.3 is 20.1 Å². The molecule has 0 fully saturated rings. The van der Waals surface area contributed by atoms with Crippen molar-refractivity contribution in [2.45, 2.75) is 19.1 Å². The van der Waals surface area contributed by atoms with Gasteiger partial charge in [-0.25, -0.2) is 4.79 Å². The molecule has 0 aromatic heterocycles. The molecule has 0 radical (unpaired) electrons. The molecule has 0 aliphatic heterocycles. The number of nitrogens with zero attached hydrogens (tertiary/aromatic N) is 1. The van der Waals surface area contributed by atoms with Crippen LogP contribution < -0.4 is 10.1 Å². The fourth-order valence-corrected chi connectivity index (χ4v) is 1.77. The first-order valence-corrected chi connectivity index (χ1v) is 6.60. The van der Waals surface area contributed by atoms with Crippen molar-refractivity contribution >= 4 is 12.0 Å². The standard InChI is InChI=1S/C14H17F3N2O4/c1-19(6-5-12(20)21)13(22)18-8-9-3-4-10(23-2)7-11(9)14(15,16)17/h3-4,7H,5-6,8H2,1-2H3,(H,18,22)(H,20,21). The number of benzene rings is 1. The molecule has 0 aliphatic rings. The summed E-state index contributed by atoms with van der Waals surface area (Å²) in [4.78, 5) is 23.2. The van der Waals surface area contributed by atoms with Crippen molar-refractivity contribution in [3.63, 3.8) is 0 Å². The highest BCUT2D eigenvalue weighted by molar-refractivity contribution is 5.75. The van der Waals surface area contributed by atoms with E-state index in [0.717, 1.165) is 11.0 Å². The molecule has 0 atom stereocenters. The van der Waals surface area contributed by atoms with Crippen molar-refractivity contribution in [3.05, 3.63) is 29.3 Å². The highest BCUT2D eigenvalue weighted by Gasteiger charge is 2.33. The predicted octanol–water partition coefficient (Wildman–Crippen LogP) is 2.33. The first-order valence-electron chi connectivity index (χ1n) is 6.60. The normalized spacial score (nSPS) is 11.0. The quantitative estimate of drug-likeness (QED) is 0.837. The van der Waals surface area contributed by atoms with Crippen molar-refractivity contribution < 1.29 is 32.6 Å². The van der Waals surface area contributed by atoms with Crippen LogP contribution in [0, 0.1) is 0 Å². The van der Waals surface area contributed by atoms with E-state index in [0.29, 0.717) is 0 Å². The van der Waals surface area contributed by atoms with Crippen LogP contribution in [0.3, 0.4) is 0 Å². The monoisotopic (exact) mass is 334 g/mol. The molecule has 0 aliphatic carbocycles. The van der Waals surface area contributed by atoms with Crippen molar-refractivity contribution in [1.82, 2.24) is 10.2 Å². The number of nitrogens with one attached hydrogen (secondary N) is 1. The van der Waals surface area contributed by atoms with Gasteiger partial charge in [0, 0.05) is 20.1 Å². The molecule has 6 nitrogen and oxygen atoms in total. The molecule has 128 valence electrons. The maximum absolute atomic E-state index is 13.0. The van der Waals surface area contributed by atoms with Crippen LogP contribution in [0.4, 0.5) is 18.0 Å². The van der Waals surface area contributed by atoms with E-state index in [9.17, 15) is 22.8 Å². The number of rotatable bonds is 6. The molecule has 0 heterocycles. The van der Waals surface area contributed by atoms with E-state index in [2.05, 4.69) is 5.32 Å². The Balaban J connectivity index is 2.77. The Bertz CT molecular complexity index is 576. The maximum Gasteiger partial charge on any atom is 0.416 e. The molecular weight excluding hydrogens is 317 g/mol. The first-order chi connectivity index (χ1) is 10.6. The number of halogens is 3. The Morgan fingerprint density at radius 1 is 1.35 bits per heavy atom. The lowest BCUT2D eigenvalue weighted by molar-refractivity contribution is -0.138. The van der Waals surface area contributed by atoms with Crippen LogP contribution in [0.2, 0.25) is 0 Å². The first kappa shape index (κ1) is 18.6. The van der Waals surface area contributed by atoms with E-state index < -0.39 is 23.7 Å². The zero-order valence-electron chi connectivity index (χ0n) is 12.6. The Morgan fingerprint density at radius 3 is 2.52 bits per heavy atom. The number of aliphatic carboxylic acids is 1. The number of carbonyl (C=O) groups is 2. The largest absolute Gasteiger partial charge is 0.497 e. The van der Waals surface area contributed by atoms with E-state index in [1.54, 1.807) is 0 Å². The summed E-state index contributed by atoms with van der Waals surface area (Å²) in [5.74, 6) is -1.01. The van der Waals surface area contributed by atoms with Gasteiger partial charge >= 0.3 is 18.2 Å². The second kappa shape index (κ2) is 7.70. The van der Waals surface area contributed by atoms with Crippen LogP contribution in [0.15, 0.2) is 18.2 Å². The maximum atomic E-state index is 13.0. The Labute approximate surface area is 130 Å². The third-order valence-corrected chi connectivity index (χ3v) is 3.06. The number of methoxy groups -OCH3 is 1. The summed E-state index contributed by atoms with van der Waals surface area (Å²) in [6.07, 6.45) is -4.83.